The molecule has 4 heteroatoms. The number of rotatable bonds is 5. The molecular formula is C31H28N2O2. The van der Waals surface area contributed by atoms with Crippen molar-refractivity contribution in [1.82, 2.24) is 9.97 Å². The maximum absolute atomic E-state index is 5.36. The molecule has 0 amide bonds. The quantitative estimate of drug-likeness (QED) is 0.343. The van der Waals surface area contributed by atoms with Crippen LogP contribution in [-0.2, 0) is 6.42 Å². The summed E-state index contributed by atoms with van der Waals surface area (Å²) in [6.45, 7) is 2.35. The molecule has 4 aromatic rings. The van der Waals surface area contributed by atoms with E-state index in [4.69, 9.17) is 14.5 Å². The lowest BCUT2D eigenvalue weighted by Gasteiger charge is -2.28. The Kier molecular flexibility index (Phi) is 5.10. The number of nitrogens with zero attached hydrogens (tertiary/aromatic N) is 1. The molecule has 1 heterocycles. The van der Waals surface area contributed by atoms with Crippen molar-refractivity contribution in [3.05, 3.63) is 102 Å². The van der Waals surface area contributed by atoms with Crippen molar-refractivity contribution in [2.45, 2.75) is 19.3 Å². The van der Waals surface area contributed by atoms with Gasteiger partial charge in [0.15, 0.2) is 0 Å². The topological polar surface area (TPSA) is 47.1 Å². The van der Waals surface area contributed by atoms with Gasteiger partial charge in [-0.25, -0.2) is 4.98 Å². The van der Waals surface area contributed by atoms with Crippen LogP contribution in [0.1, 0.15) is 24.0 Å². The summed E-state index contributed by atoms with van der Waals surface area (Å²) in [5, 5.41) is 0. The fourth-order valence-corrected chi connectivity index (χ4v) is 5.44. The first-order valence-corrected chi connectivity index (χ1v) is 12.0. The number of allylic oxidation sites excluding steroid dienone is 4. The van der Waals surface area contributed by atoms with Gasteiger partial charge in [0, 0.05) is 28.0 Å². The molecule has 0 spiro atoms. The third-order valence-corrected chi connectivity index (χ3v) is 7.37. The van der Waals surface area contributed by atoms with Gasteiger partial charge in [-0.05, 0) is 72.1 Å². The van der Waals surface area contributed by atoms with Crippen LogP contribution in [0.3, 0.4) is 0 Å². The Labute approximate surface area is 206 Å². The van der Waals surface area contributed by atoms with E-state index >= 15 is 0 Å². The second kappa shape index (κ2) is 8.31. The minimum atomic E-state index is 0.154. The summed E-state index contributed by atoms with van der Waals surface area (Å²) >= 11 is 0. The number of fused-ring (bicyclic) bond motifs is 3. The van der Waals surface area contributed by atoms with Gasteiger partial charge in [-0.2, -0.15) is 0 Å². The van der Waals surface area contributed by atoms with Crippen LogP contribution in [0.4, 0.5) is 0 Å². The van der Waals surface area contributed by atoms with E-state index < -0.39 is 0 Å². The number of aromatic nitrogens is 2. The Morgan fingerprint density at radius 2 is 1.49 bits per heavy atom. The number of nitrogens with one attached hydrogen (secondary N) is 1. The van der Waals surface area contributed by atoms with Crippen LogP contribution < -0.4 is 9.47 Å². The first-order chi connectivity index (χ1) is 17.1. The second-order valence-electron chi connectivity index (χ2n) is 9.58. The molecule has 0 unspecified atom stereocenters. The normalized spacial score (nSPS) is 19.9. The van der Waals surface area contributed by atoms with Crippen molar-refractivity contribution in [2.24, 2.45) is 5.41 Å². The van der Waals surface area contributed by atoms with E-state index in [-0.39, 0.29) is 5.41 Å². The lowest BCUT2D eigenvalue weighted by Crippen LogP contribution is -2.19. The van der Waals surface area contributed by atoms with Gasteiger partial charge in [0.25, 0.3) is 0 Å². The number of aromatic amines is 1. The number of hydrogen-bond donors (Lipinski definition) is 1. The lowest BCUT2D eigenvalue weighted by molar-refractivity contribution is 0.410. The SMILES string of the molecule is COc1ccc(-c2nc(-c3ccc4c(c3)[C@@H]3C=CC=C[C@@]3(C)C4)[nH]c2-c2ccc(OC)cc2)cc1. The zero-order valence-corrected chi connectivity index (χ0v) is 20.2. The molecule has 6 rings (SSSR count). The smallest absolute Gasteiger partial charge is 0.138 e. The molecule has 2 aliphatic carbocycles. The van der Waals surface area contributed by atoms with Crippen LogP contribution in [0.15, 0.2) is 91.0 Å². The van der Waals surface area contributed by atoms with Gasteiger partial charge in [0.05, 0.1) is 25.6 Å². The van der Waals surface area contributed by atoms with Gasteiger partial charge in [-0.3, -0.25) is 0 Å². The number of benzene rings is 3. The predicted octanol–water partition coefficient (Wildman–Crippen LogP) is 7.20. The maximum atomic E-state index is 5.36. The van der Waals surface area contributed by atoms with E-state index in [2.05, 4.69) is 78.7 Å². The predicted molar refractivity (Wildman–Crippen MR) is 141 cm³/mol. The molecule has 4 nitrogen and oxygen atoms in total. The number of imidazole rings is 1. The molecule has 0 aliphatic heterocycles. The van der Waals surface area contributed by atoms with Crippen LogP contribution in [0.2, 0.25) is 0 Å². The average molecular weight is 461 g/mol. The first kappa shape index (κ1) is 21.5. The standard InChI is InChI=1S/C31H28N2O2/c1-31-17-5-4-6-27(31)26-18-22(7-8-23(26)19-31)30-32-28(20-9-13-24(34-2)14-10-20)29(33-30)21-11-15-25(35-3)16-12-21/h4-18,27H,19H2,1-3H3,(H,32,33)/t27-,31-/m0/s1. The number of H-pyrrole nitrogens is 1. The molecule has 0 saturated heterocycles. The average Bonchev–Trinajstić information content (AvgIpc) is 3.47. The molecule has 1 aromatic heterocycles. The minimum absolute atomic E-state index is 0.154. The van der Waals surface area contributed by atoms with Crippen molar-refractivity contribution in [3.63, 3.8) is 0 Å². The summed E-state index contributed by atoms with van der Waals surface area (Å²) < 4.78 is 10.7. The molecule has 35 heavy (non-hydrogen) atoms. The summed E-state index contributed by atoms with van der Waals surface area (Å²) in [6, 6.07) is 22.9. The Morgan fingerprint density at radius 3 is 2.17 bits per heavy atom. The van der Waals surface area contributed by atoms with Crippen LogP contribution in [-0.4, -0.2) is 24.2 Å². The van der Waals surface area contributed by atoms with E-state index in [0.717, 1.165) is 51.8 Å². The Morgan fingerprint density at radius 1 is 0.829 bits per heavy atom. The largest absolute Gasteiger partial charge is 0.497 e. The maximum Gasteiger partial charge on any atom is 0.138 e. The van der Waals surface area contributed by atoms with Gasteiger partial charge in [0.2, 0.25) is 0 Å². The summed E-state index contributed by atoms with van der Waals surface area (Å²) in [4.78, 5) is 8.75. The molecular weight excluding hydrogens is 432 g/mol. The highest BCUT2D eigenvalue weighted by Gasteiger charge is 2.40. The lowest BCUT2D eigenvalue weighted by atomic mass is 9.75. The molecule has 1 N–H and O–H groups in total. The molecule has 0 saturated carbocycles. The fraction of sp³-hybridized carbons (Fsp3) is 0.194. The van der Waals surface area contributed by atoms with Gasteiger partial charge in [-0.15, -0.1) is 0 Å². The third kappa shape index (κ3) is 3.66. The van der Waals surface area contributed by atoms with Crippen molar-refractivity contribution in [2.75, 3.05) is 14.2 Å². The Balaban J connectivity index is 1.46. The first-order valence-electron chi connectivity index (χ1n) is 12.0. The molecule has 2 atom stereocenters. The zero-order valence-electron chi connectivity index (χ0n) is 20.2. The van der Waals surface area contributed by atoms with E-state index in [1.807, 2.05) is 24.3 Å². The van der Waals surface area contributed by atoms with E-state index in [1.165, 1.54) is 11.1 Å². The summed E-state index contributed by atoms with van der Waals surface area (Å²) in [5.74, 6) is 2.93. The Bertz CT molecular complexity index is 1380. The van der Waals surface area contributed by atoms with Gasteiger partial charge in [-0.1, -0.05) is 43.4 Å². The molecule has 2 aliphatic rings. The zero-order chi connectivity index (χ0) is 24.0. The van der Waals surface area contributed by atoms with Crippen molar-refractivity contribution in [1.29, 1.82) is 0 Å². The molecule has 0 bridgehead atoms. The molecule has 0 fully saturated rings. The van der Waals surface area contributed by atoms with Gasteiger partial charge >= 0.3 is 0 Å². The summed E-state index contributed by atoms with van der Waals surface area (Å²) in [5.41, 5.74) is 8.08. The van der Waals surface area contributed by atoms with E-state index in [0.29, 0.717) is 5.92 Å². The van der Waals surface area contributed by atoms with E-state index in [9.17, 15) is 0 Å². The van der Waals surface area contributed by atoms with Crippen molar-refractivity contribution < 1.29 is 9.47 Å². The third-order valence-electron chi connectivity index (χ3n) is 7.37. The van der Waals surface area contributed by atoms with Crippen molar-refractivity contribution in [3.8, 4) is 45.4 Å². The number of methoxy groups -OCH3 is 2. The van der Waals surface area contributed by atoms with Crippen LogP contribution in [0.5, 0.6) is 11.5 Å². The summed E-state index contributed by atoms with van der Waals surface area (Å²) in [7, 11) is 3.36. The summed E-state index contributed by atoms with van der Waals surface area (Å²) in [6.07, 6.45) is 10.1. The monoisotopic (exact) mass is 460 g/mol. The highest BCUT2D eigenvalue weighted by Crippen LogP contribution is 2.51. The number of hydrogen-bond acceptors (Lipinski definition) is 3. The highest BCUT2D eigenvalue weighted by molar-refractivity contribution is 5.82. The molecule has 174 valence electrons. The van der Waals surface area contributed by atoms with Crippen molar-refractivity contribution >= 4 is 0 Å². The number of ether oxygens (including phenoxy) is 2. The van der Waals surface area contributed by atoms with Crippen LogP contribution in [0.25, 0.3) is 33.9 Å². The molecule has 3 aromatic carbocycles. The van der Waals surface area contributed by atoms with Crippen LogP contribution >= 0.6 is 0 Å². The molecule has 0 radical (unpaired) electrons. The van der Waals surface area contributed by atoms with Gasteiger partial charge < -0.3 is 14.5 Å². The van der Waals surface area contributed by atoms with Crippen LogP contribution in [0, 0.1) is 5.41 Å². The fourth-order valence-electron chi connectivity index (χ4n) is 5.44. The van der Waals surface area contributed by atoms with Gasteiger partial charge in [0.1, 0.15) is 17.3 Å². The van der Waals surface area contributed by atoms with E-state index in [1.54, 1.807) is 14.2 Å². The second-order valence-corrected chi connectivity index (χ2v) is 9.58. The highest BCUT2D eigenvalue weighted by atomic mass is 16.5. The Hall–Kier alpha value is -4.05. The minimum Gasteiger partial charge on any atom is -0.497 e.